The number of sulfonamides is 1. The van der Waals surface area contributed by atoms with Crippen molar-refractivity contribution in [2.45, 2.75) is 24.4 Å². The zero-order valence-electron chi connectivity index (χ0n) is 13.6. The summed E-state index contributed by atoms with van der Waals surface area (Å²) in [6.07, 6.45) is 0. The molecule has 3 N–H and O–H groups in total. The molecule has 0 aliphatic rings. The van der Waals surface area contributed by atoms with Crippen molar-refractivity contribution in [3.05, 3.63) is 60.2 Å². The van der Waals surface area contributed by atoms with Crippen LogP contribution in [0.5, 0.6) is 0 Å². The summed E-state index contributed by atoms with van der Waals surface area (Å²) in [6.45, 7) is 2.43. The molecule has 0 aliphatic carbocycles. The summed E-state index contributed by atoms with van der Waals surface area (Å²) < 4.78 is 22.7. The van der Waals surface area contributed by atoms with Gasteiger partial charge in [-0.05, 0) is 37.7 Å². The number of carbonyl (C=O) groups is 1. The van der Waals surface area contributed by atoms with Gasteiger partial charge in [0.2, 0.25) is 15.9 Å². The number of hydrogen-bond acceptors (Lipinski definition) is 4. The van der Waals surface area contributed by atoms with Crippen LogP contribution < -0.4 is 10.5 Å². The molecule has 0 saturated carbocycles. The van der Waals surface area contributed by atoms with E-state index in [2.05, 4.69) is 5.32 Å². The minimum Gasteiger partial charge on any atom is -0.325 e. The van der Waals surface area contributed by atoms with Gasteiger partial charge < -0.3 is 5.32 Å². The Morgan fingerprint density at radius 3 is 2.46 bits per heavy atom. The molecular weight excluding hydrogens is 326 g/mol. The lowest BCUT2D eigenvalue weighted by Crippen LogP contribution is -2.39. The van der Waals surface area contributed by atoms with Gasteiger partial charge in [0.15, 0.2) is 0 Å². The Bertz CT molecular complexity index is 807. The summed E-state index contributed by atoms with van der Waals surface area (Å²) in [5.74, 6) is -0.222. The Morgan fingerprint density at radius 1 is 1.17 bits per heavy atom. The third-order valence-electron chi connectivity index (χ3n) is 3.75. The van der Waals surface area contributed by atoms with E-state index in [-0.39, 0.29) is 16.8 Å². The summed E-state index contributed by atoms with van der Waals surface area (Å²) in [4.78, 5) is 14.2. The number of hydrogen-bond donors (Lipinski definition) is 2. The zero-order chi connectivity index (χ0) is 17.7. The molecule has 0 aromatic heterocycles. The van der Waals surface area contributed by atoms with Gasteiger partial charge >= 0.3 is 0 Å². The molecule has 0 saturated heterocycles. The highest BCUT2D eigenvalue weighted by atomic mass is 32.2. The smallest absolute Gasteiger partial charge is 0.241 e. The van der Waals surface area contributed by atoms with Crippen LogP contribution in [0.4, 0.5) is 5.69 Å². The Hall–Kier alpha value is -2.22. The van der Waals surface area contributed by atoms with Crippen LogP contribution in [0.15, 0.2) is 59.5 Å². The second kappa shape index (κ2) is 7.57. The summed E-state index contributed by atoms with van der Waals surface area (Å²) in [5, 5.41) is 7.82. The highest BCUT2D eigenvalue weighted by Crippen LogP contribution is 2.15. The second-order valence-electron chi connectivity index (χ2n) is 5.64. The fourth-order valence-electron chi connectivity index (χ4n) is 2.21. The molecule has 7 heteroatoms. The first-order valence-electron chi connectivity index (χ1n) is 7.45. The maximum Gasteiger partial charge on any atom is 0.241 e. The lowest BCUT2D eigenvalue weighted by Gasteiger charge is -2.24. The van der Waals surface area contributed by atoms with Gasteiger partial charge in [0.25, 0.3) is 0 Å². The molecule has 0 bridgehead atoms. The van der Waals surface area contributed by atoms with Gasteiger partial charge in [-0.2, -0.15) is 0 Å². The van der Waals surface area contributed by atoms with Gasteiger partial charge in [0.1, 0.15) is 0 Å². The average molecular weight is 347 g/mol. The van der Waals surface area contributed by atoms with Crippen molar-refractivity contribution in [2.24, 2.45) is 5.14 Å². The number of anilines is 1. The fourth-order valence-corrected chi connectivity index (χ4v) is 2.77. The van der Waals surface area contributed by atoms with Crippen molar-refractivity contribution in [2.75, 3.05) is 12.4 Å². The Kier molecular flexibility index (Phi) is 5.71. The van der Waals surface area contributed by atoms with Gasteiger partial charge in [0.05, 0.1) is 10.9 Å². The molecule has 2 rings (SSSR count). The van der Waals surface area contributed by atoms with E-state index in [9.17, 15) is 13.2 Å². The fraction of sp³-hybridized carbons (Fsp3) is 0.235. The number of nitrogens with zero attached hydrogens (tertiary/aromatic N) is 1. The summed E-state index contributed by atoms with van der Waals surface area (Å²) in [6, 6.07) is 15.3. The van der Waals surface area contributed by atoms with Crippen molar-refractivity contribution >= 4 is 21.6 Å². The first-order valence-corrected chi connectivity index (χ1v) is 9.00. The van der Waals surface area contributed by atoms with Crippen LogP contribution in [0.2, 0.25) is 0 Å². The summed E-state index contributed by atoms with van der Waals surface area (Å²) in [7, 11) is -1.94. The van der Waals surface area contributed by atoms with Crippen LogP contribution in [0.1, 0.15) is 12.5 Å². The number of rotatable bonds is 6. The van der Waals surface area contributed by atoms with Gasteiger partial charge in [-0.1, -0.05) is 36.4 Å². The Balaban J connectivity index is 2.03. The number of primary sulfonamides is 1. The standard InChI is InChI=1S/C17H21N3O3S/c1-13(20(2)12-14-7-4-3-5-8-14)17(21)19-15-9-6-10-16(11-15)24(18,22)23/h3-11,13H,12H2,1-2H3,(H,19,21)(H2,18,22,23)/t13-/m1/s1. The van der Waals surface area contributed by atoms with Crippen LogP contribution in [0.3, 0.4) is 0 Å². The van der Waals surface area contributed by atoms with E-state index in [4.69, 9.17) is 5.14 Å². The molecule has 24 heavy (non-hydrogen) atoms. The van der Waals surface area contributed by atoms with Crippen LogP contribution >= 0.6 is 0 Å². The van der Waals surface area contributed by atoms with Gasteiger partial charge in [-0.25, -0.2) is 13.6 Å². The molecule has 0 spiro atoms. The second-order valence-corrected chi connectivity index (χ2v) is 7.20. The maximum absolute atomic E-state index is 12.4. The van der Waals surface area contributed by atoms with Crippen LogP contribution in [0, 0.1) is 0 Å². The molecule has 1 amide bonds. The van der Waals surface area contributed by atoms with Crippen LogP contribution in [-0.2, 0) is 21.4 Å². The predicted molar refractivity (Wildman–Crippen MR) is 93.8 cm³/mol. The highest BCUT2D eigenvalue weighted by Gasteiger charge is 2.19. The minimum atomic E-state index is -3.80. The molecule has 0 radical (unpaired) electrons. The number of amides is 1. The summed E-state index contributed by atoms with van der Waals surface area (Å²) >= 11 is 0. The molecule has 1 atom stereocenters. The normalized spacial score (nSPS) is 12.8. The van der Waals surface area contributed by atoms with Crippen LogP contribution in [-0.4, -0.2) is 32.3 Å². The first-order chi connectivity index (χ1) is 11.3. The molecule has 128 valence electrons. The quantitative estimate of drug-likeness (QED) is 0.833. The predicted octanol–water partition coefficient (Wildman–Crippen LogP) is 1.79. The summed E-state index contributed by atoms with van der Waals surface area (Å²) in [5.41, 5.74) is 1.50. The molecule has 0 heterocycles. The van der Waals surface area contributed by atoms with Crippen molar-refractivity contribution in [1.82, 2.24) is 4.90 Å². The van der Waals surface area contributed by atoms with Gasteiger partial charge in [0, 0.05) is 12.2 Å². The monoisotopic (exact) mass is 347 g/mol. The van der Waals surface area contributed by atoms with E-state index in [0.29, 0.717) is 12.2 Å². The molecular formula is C17H21N3O3S. The molecule has 0 unspecified atom stereocenters. The Morgan fingerprint density at radius 2 is 1.83 bits per heavy atom. The average Bonchev–Trinajstić information content (AvgIpc) is 2.54. The first kappa shape index (κ1) is 18.1. The Labute approximate surface area is 142 Å². The third-order valence-corrected chi connectivity index (χ3v) is 4.66. The topological polar surface area (TPSA) is 92.5 Å². The van der Waals surface area contributed by atoms with Crippen molar-refractivity contribution in [1.29, 1.82) is 0 Å². The minimum absolute atomic E-state index is 0.0365. The van der Waals surface area contributed by atoms with Gasteiger partial charge in [-0.3, -0.25) is 9.69 Å². The van der Waals surface area contributed by atoms with Crippen molar-refractivity contribution in [3.63, 3.8) is 0 Å². The molecule has 2 aromatic rings. The largest absolute Gasteiger partial charge is 0.325 e. The van der Waals surface area contributed by atoms with E-state index < -0.39 is 10.0 Å². The van der Waals surface area contributed by atoms with Crippen molar-refractivity contribution < 1.29 is 13.2 Å². The van der Waals surface area contributed by atoms with Crippen LogP contribution in [0.25, 0.3) is 0 Å². The molecule has 6 nitrogen and oxygen atoms in total. The lowest BCUT2D eigenvalue weighted by molar-refractivity contribution is -0.120. The highest BCUT2D eigenvalue weighted by molar-refractivity contribution is 7.89. The molecule has 0 fully saturated rings. The third kappa shape index (κ3) is 4.89. The lowest BCUT2D eigenvalue weighted by atomic mass is 10.2. The number of benzene rings is 2. The number of nitrogens with one attached hydrogen (secondary N) is 1. The van der Waals surface area contributed by atoms with E-state index >= 15 is 0 Å². The van der Waals surface area contributed by atoms with E-state index in [0.717, 1.165) is 5.56 Å². The molecule has 2 aromatic carbocycles. The molecule has 0 aliphatic heterocycles. The van der Waals surface area contributed by atoms with E-state index in [1.54, 1.807) is 13.0 Å². The number of carbonyl (C=O) groups excluding carboxylic acids is 1. The SMILES string of the molecule is C[C@H](C(=O)Nc1cccc(S(N)(=O)=O)c1)N(C)Cc1ccccc1. The zero-order valence-corrected chi connectivity index (χ0v) is 14.5. The maximum atomic E-state index is 12.4. The number of nitrogens with two attached hydrogens (primary N) is 1. The van der Waals surface area contributed by atoms with Crippen molar-refractivity contribution in [3.8, 4) is 0 Å². The van der Waals surface area contributed by atoms with E-state index in [1.807, 2.05) is 42.3 Å². The number of likely N-dealkylation sites (N-methyl/N-ethyl adjacent to an activating group) is 1. The van der Waals surface area contributed by atoms with Gasteiger partial charge in [-0.15, -0.1) is 0 Å². The van der Waals surface area contributed by atoms with E-state index in [1.165, 1.54) is 18.2 Å².